The number of aromatic nitrogens is 1. The molecule has 0 aliphatic carbocycles. The van der Waals surface area contributed by atoms with Crippen LogP contribution in [-0.2, 0) is 22.6 Å². The predicted molar refractivity (Wildman–Crippen MR) is 76.6 cm³/mol. The second-order valence-corrected chi connectivity index (χ2v) is 4.68. The van der Waals surface area contributed by atoms with E-state index in [9.17, 15) is 9.59 Å². The molecule has 0 aliphatic rings. The summed E-state index contributed by atoms with van der Waals surface area (Å²) in [5, 5.41) is 12.5. The van der Waals surface area contributed by atoms with Crippen LogP contribution in [0.4, 0.5) is 0 Å². The van der Waals surface area contributed by atoms with Crippen LogP contribution >= 0.6 is 0 Å². The fourth-order valence-electron chi connectivity index (χ4n) is 2.30. The van der Waals surface area contributed by atoms with Crippen LogP contribution in [-0.4, -0.2) is 28.6 Å². The Morgan fingerprint density at radius 1 is 1.25 bits per heavy atom. The predicted octanol–water partition coefficient (Wildman–Crippen LogP) is 1.79. The van der Waals surface area contributed by atoms with Gasteiger partial charge in [0.1, 0.15) is 0 Å². The van der Waals surface area contributed by atoms with E-state index in [1.54, 1.807) is 7.05 Å². The summed E-state index contributed by atoms with van der Waals surface area (Å²) in [5.74, 6) is -0.804. The summed E-state index contributed by atoms with van der Waals surface area (Å²) in [7, 11) is 1.62. The smallest absolute Gasteiger partial charge is 0.303 e. The van der Waals surface area contributed by atoms with Crippen molar-refractivity contribution in [2.75, 3.05) is 7.05 Å². The van der Waals surface area contributed by atoms with Gasteiger partial charge in [0.2, 0.25) is 5.91 Å². The van der Waals surface area contributed by atoms with Crippen molar-refractivity contribution in [3.63, 3.8) is 0 Å². The minimum atomic E-state index is -0.799. The molecule has 1 aromatic heterocycles. The lowest BCUT2D eigenvalue weighted by molar-refractivity contribution is -0.137. The molecule has 0 aliphatic heterocycles. The van der Waals surface area contributed by atoms with Crippen molar-refractivity contribution < 1.29 is 14.7 Å². The summed E-state index contributed by atoms with van der Waals surface area (Å²) in [6, 6.07) is 7.86. The van der Waals surface area contributed by atoms with Crippen LogP contribution in [0.3, 0.4) is 0 Å². The first kappa shape index (κ1) is 14.1. The molecule has 0 saturated heterocycles. The molecule has 0 bridgehead atoms. The van der Waals surface area contributed by atoms with E-state index in [0.29, 0.717) is 19.4 Å². The van der Waals surface area contributed by atoms with Crippen LogP contribution in [0.15, 0.2) is 30.5 Å². The van der Waals surface area contributed by atoms with E-state index in [4.69, 9.17) is 5.11 Å². The van der Waals surface area contributed by atoms with Gasteiger partial charge in [0.25, 0.3) is 0 Å². The molecule has 5 nitrogen and oxygen atoms in total. The van der Waals surface area contributed by atoms with Crippen molar-refractivity contribution in [3.8, 4) is 0 Å². The third-order valence-electron chi connectivity index (χ3n) is 3.34. The first-order chi connectivity index (χ1) is 9.61. The van der Waals surface area contributed by atoms with Gasteiger partial charge in [-0.15, -0.1) is 0 Å². The number of carbonyl (C=O) groups excluding carboxylic acids is 1. The van der Waals surface area contributed by atoms with Crippen LogP contribution < -0.4 is 5.32 Å². The van der Waals surface area contributed by atoms with Crippen molar-refractivity contribution >= 4 is 22.8 Å². The lowest BCUT2D eigenvalue weighted by Crippen LogP contribution is -2.19. The number of nitrogens with zero attached hydrogens (tertiary/aromatic N) is 1. The van der Waals surface area contributed by atoms with Gasteiger partial charge in [-0.3, -0.25) is 9.59 Å². The zero-order chi connectivity index (χ0) is 14.5. The Balaban J connectivity index is 2.25. The first-order valence-electron chi connectivity index (χ1n) is 6.61. The van der Waals surface area contributed by atoms with Crippen LogP contribution in [0.1, 0.15) is 18.4 Å². The third-order valence-corrected chi connectivity index (χ3v) is 3.34. The fourth-order valence-corrected chi connectivity index (χ4v) is 2.30. The fraction of sp³-hybridized carbons (Fsp3) is 0.333. The van der Waals surface area contributed by atoms with Gasteiger partial charge in [0.15, 0.2) is 0 Å². The Hall–Kier alpha value is -2.30. The summed E-state index contributed by atoms with van der Waals surface area (Å²) >= 11 is 0. The quantitative estimate of drug-likeness (QED) is 0.843. The van der Waals surface area contributed by atoms with Crippen molar-refractivity contribution in [3.05, 3.63) is 36.0 Å². The minimum Gasteiger partial charge on any atom is -0.481 e. The number of fused-ring (bicyclic) bond motifs is 1. The average Bonchev–Trinajstić information content (AvgIpc) is 2.81. The van der Waals surface area contributed by atoms with Crippen molar-refractivity contribution in [2.45, 2.75) is 25.8 Å². The minimum absolute atomic E-state index is 0.00475. The highest BCUT2D eigenvalue weighted by Gasteiger charge is 2.10. The number of para-hydroxylation sites is 1. The zero-order valence-corrected chi connectivity index (χ0v) is 11.4. The molecule has 1 aromatic carbocycles. The van der Waals surface area contributed by atoms with E-state index < -0.39 is 5.97 Å². The van der Waals surface area contributed by atoms with Gasteiger partial charge in [-0.2, -0.15) is 0 Å². The highest BCUT2D eigenvalue weighted by atomic mass is 16.4. The number of hydrogen-bond acceptors (Lipinski definition) is 2. The topological polar surface area (TPSA) is 71.3 Å². The second kappa shape index (κ2) is 6.23. The molecule has 106 valence electrons. The Labute approximate surface area is 117 Å². The summed E-state index contributed by atoms with van der Waals surface area (Å²) in [5.41, 5.74) is 2.05. The third kappa shape index (κ3) is 3.17. The number of amides is 1. The number of nitrogens with one attached hydrogen (secondary N) is 1. The van der Waals surface area contributed by atoms with Crippen LogP contribution in [0.25, 0.3) is 10.9 Å². The maximum Gasteiger partial charge on any atom is 0.303 e. The molecule has 2 N–H and O–H groups in total. The van der Waals surface area contributed by atoms with Gasteiger partial charge < -0.3 is 15.0 Å². The van der Waals surface area contributed by atoms with Gasteiger partial charge >= 0.3 is 5.97 Å². The Morgan fingerprint density at radius 2 is 2.00 bits per heavy atom. The largest absolute Gasteiger partial charge is 0.481 e. The number of aryl methyl sites for hydroxylation is 2. The van der Waals surface area contributed by atoms with E-state index >= 15 is 0 Å². The number of rotatable bonds is 6. The van der Waals surface area contributed by atoms with Crippen molar-refractivity contribution in [2.24, 2.45) is 0 Å². The maximum atomic E-state index is 11.3. The molecule has 1 amide bonds. The van der Waals surface area contributed by atoms with Gasteiger partial charge in [0.05, 0.1) is 0 Å². The molecule has 2 rings (SSSR count). The molecule has 0 atom stereocenters. The number of carbonyl (C=O) groups is 2. The van der Waals surface area contributed by atoms with E-state index in [2.05, 4.69) is 5.32 Å². The maximum absolute atomic E-state index is 11.3. The Bertz CT molecular complexity index is 631. The van der Waals surface area contributed by atoms with Gasteiger partial charge in [-0.25, -0.2) is 0 Å². The SMILES string of the molecule is CNC(=O)CCn1cc(CCC(=O)O)c2ccccc21. The van der Waals surface area contributed by atoms with E-state index in [-0.39, 0.29) is 12.3 Å². The van der Waals surface area contributed by atoms with E-state index in [0.717, 1.165) is 16.5 Å². The number of carboxylic acid groups (broad SMARTS) is 1. The van der Waals surface area contributed by atoms with Gasteiger partial charge in [-0.1, -0.05) is 18.2 Å². The molecular formula is C15H18N2O3. The molecule has 2 aromatic rings. The summed E-state index contributed by atoms with van der Waals surface area (Å²) < 4.78 is 2.02. The Kier molecular flexibility index (Phi) is 4.40. The van der Waals surface area contributed by atoms with E-state index in [1.807, 2.05) is 35.0 Å². The summed E-state index contributed by atoms with van der Waals surface area (Å²) in [6.45, 7) is 0.591. The highest BCUT2D eigenvalue weighted by molar-refractivity contribution is 5.84. The van der Waals surface area contributed by atoms with Gasteiger partial charge in [-0.05, 0) is 18.1 Å². The van der Waals surface area contributed by atoms with Crippen molar-refractivity contribution in [1.29, 1.82) is 0 Å². The summed E-state index contributed by atoms with van der Waals surface area (Å²) in [4.78, 5) is 22.1. The highest BCUT2D eigenvalue weighted by Crippen LogP contribution is 2.22. The second-order valence-electron chi connectivity index (χ2n) is 4.68. The van der Waals surface area contributed by atoms with E-state index in [1.165, 1.54) is 0 Å². The number of carboxylic acids is 1. The number of hydrogen-bond donors (Lipinski definition) is 2. The lowest BCUT2D eigenvalue weighted by Gasteiger charge is -2.04. The molecule has 0 radical (unpaired) electrons. The lowest BCUT2D eigenvalue weighted by atomic mass is 10.1. The normalized spacial score (nSPS) is 10.7. The number of benzene rings is 1. The molecule has 0 spiro atoms. The Morgan fingerprint density at radius 3 is 2.70 bits per heavy atom. The standard InChI is InChI=1S/C15H18N2O3/c1-16-14(18)8-9-17-10-11(6-7-15(19)20)12-4-2-3-5-13(12)17/h2-5,10H,6-9H2,1H3,(H,16,18)(H,19,20). The van der Waals surface area contributed by atoms with Crippen LogP contribution in [0.5, 0.6) is 0 Å². The zero-order valence-electron chi connectivity index (χ0n) is 11.4. The molecule has 0 unspecified atom stereocenters. The first-order valence-corrected chi connectivity index (χ1v) is 6.61. The molecule has 5 heteroatoms. The number of aliphatic carboxylic acids is 1. The molecule has 20 heavy (non-hydrogen) atoms. The van der Waals surface area contributed by atoms with Crippen LogP contribution in [0.2, 0.25) is 0 Å². The molecule has 0 saturated carbocycles. The summed E-state index contributed by atoms with van der Waals surface area (Å²) in [6.07, 6.45) is 2.98. The molecule has 0 fully saturated rings. The van der Waals surface area contributed by atoms with Crippen molar-refractivity contribution in [1.82, 2.24) is 9.88 Å². The average molecular weight is 274 g/mol. The van der Waals surface area contributed by atoms with Gasteiger partial charge in [0, 0.05) is 43.5 Å². The molecule has 1 heterocycles. The molecular weight excluding hydrogens is 256 g/mol. The monoisotopic (exact) mass is 274 g/mol. The van der Waals surface area contributed by atoms with Crippen LogP contribution in [0, 0.1) is 0 Å².